The van der Waals surface area contributed by atoms with Crippen LogP contribution in [0, 0.1) is 0 Å². The molecule has 0 aliphatic rings. The molecule has 0 amide bonds. The fourth-order valence-electron chi connectivity index (χ4n) is 0.949. The molecule has 0 saturated heterocycles. The Labute approximate surface area is 87.5 Å². The first-order chi connectivity index (χ1) is 7.13. The van der Waals surface area contributed by atoms with Crippen molar-refractivity contribution in [3.05, 3.63) is 29.8 Å². The van der Waals surface area contributed by atoms with Gasteiger partial charge in [-0.05, 0) is 12.1 Å². The van der Waals surface area contributed by atoms with Crippen molar-refractivity contribution in [2.45, 2.75) is 6.92 Å². The van der Waals surface area contributed by atoms with Gasteiger partial charge in [0, 0.05) is 12.5 Å². The molecule has 2 N–H and O–H groups in total. The van der Waals surface area contributed by atoms with Gasteiger partial charge in [0.15, 0.2) is 5.84 Å². The molecule has 5 heteroatoms. The van der Waals surface area contributed by atoms with Crippen molar-refractivity contribution in [3.63, 3.8) is 0 Å². The summed E-state index contributed by atoms with van der Waals surface area (Å²) >= 11 is 0. The lowest BCUT2D eigenvalue weighted by Crippen LogP contribution is -2.14. The molecule has 1 aromatic carbocycles. The third-order valence-electron chi connectivity index (χ3n) is 1.64. The molecule has 0 radical (unpaired) electrons. The summed E-state index contributed by atoms with van der Waals surface area (Å²) in [7, 11) is 1.55. The summed E-state index contributed by atoms with van der Waals surface area (Å²) in [5.41, 5.74) is 6.22. The van der Waals surface area contributed by atoms with E-state index < -0.39 is 5.97 Å². The van der Waals surface area contributed by atoms with Gasteiger partial charge in [0.1, 0.15) is 5.75 Å². The maximum absolute atomic E-state index is 10.5. The van der Waals surface area contributed by atoms with E-state index in [-0.39, 0.29) is 5.84 Å². The summed E-state index contributed by atoms with van der Waals surface area (Å²) in [5.74, 6) is 0.276. The molecule has 15 heavy (non-hydrogen) atoms. The molecule has 1 aromatic rings. The van der Waals surface area contributed by atoms with Crippen LogP contribution in [0.4, 0.5) is 0 Å². The number of nitrogens with two attached hydrogens (primary N) is 1. The smallest absolute Gasteiger partial charge is 0.332 e. The van der Waals surface area contributed by atoms with Crippen molar-refractivity contribution in [1.82, 2.24) is 0 Å². The van der Waals surface area contributed by atoms with Crippen molar-refractivity contribution in [1.29, 1.82) is 0 Å². The van der Waals surface area contributed by atoms with Gasteiger partial charge in [0.25, 0.3) is 0 Å². The molecule has 0 bridgehead atoms. The lowest BCUT2D eigenvalue weighted by molar-refractivity contribution is -0.140. The highest BCUT2D eigenvalue weighted by atomic mass is 16.7. The lowest BCUT2D eigenvalue weighted by Gasteiger charge is -2.02. The molecular formula is C10H12N2O3. The number of hydrogen-bond acceptors (Lipinski definition) is 4. The highest BCUT2D eigenvalue weighted by Gasteiger charge is 2.01. The molecule has 0 atom stereocenters. The Bertz CT molecular complexity index is 388. The Hall–Kier alpha value is -2.04. The Balaban J connectivity index is 2.85. The summed E-state index contributed by atoms with van der Waals surface area (Å²) < 4.78 is 5.01. The molecule has 80 valence electrons. The average molecular weight is 208 g/mol. The van der Waals surface area contributed by atoms with E-state index in [1.54, 1.807) is 31.4 Å². The van der Waals surface area contributed by atoms with Crippen LogP contribution in [0.3, 0.4) is 0 Å². The van der Waals surface area contributed by atoms with Crippen molar-refractivity contribution in [2.75, 3.05) is 7.11 Å². The molecule has 0 aliphatic heterocycles. The number of oxime groups is 1. The van der Waals surface area contributed by atoms with E-state index in [0.717, 1.165) is 0 Å². The van der Waals surface area contributed by atoms with E-state index >= 15 is 0 Å². The highest BCUT2D eigenvalue weighted by molar-refractivity contribution is 5.97. The van der Waals surface area contributed by atoms with Crippen LogP contribution in [0.25, 0.3) is 0 Å². The number of carbonyl (C=O) groups excluding carboxylic acids is 1. The van der Waals surface area contributed by atoms with Crippen LogP contribution >= 0.6 is 0 Å². The third kappa shape index (κ3) is 3.30. The number of ether oxygens (including phenoxy) is 1. The summed E-state index contributed by atoms with van der Waals surface area (Å²) in [6.45, 7) is 1.25. The van der Waals surface area contributed by atoms with Gasteiger partial charge in [-0.3, -0.25) is 0 Å². The van der Waals surface area contributed by atoms with Gasteiger partial charge in [-0.2, -0.15) is 0 Å². The minimum absolute atomic E-state index is 0.129. The standard InChI is InChI=1S/C10H12N2O3/c1-7(13)15-12-10(11)8-4-3-5-9(6-8)14-2/h3-6H,1-2H3,(H2,11,12). The summed E-state index contributed by atoms with van der Waals surface area (Å²) in [6.07, 6.45) is 0. The third-order valence-corrected chi connectivity index (χ3v) is 1.64. The summed E-state index contributed by atoms with van der Waals surface area (Å²) in [6, 6.07) is 6.99. The fourth-order valence-corrected chi connectivity index (χ4v) is 0.949. The van der Waals surface area contributed by atoms with Crippen molar-refractivity contribution < 1.29 is 14.4 Å². The number of carbonyl (C=O) groups is 1. The molecule has 0 aliphatic carbocycles. The van der Waals surface area contributed by atoms with Crippen LogP contribution in [0.1, 0.15) is 12.5 Å². The predicted octanol–water partition coefficient (Wildman–Crippen LogP) is 0.879. The first-order valence-electron chi connectivity index (χ1n) is 4.29. The Morgan fingerprint density at radius 1 is 1.47 bits per heavy atom. The SMILES string of the molecule is COc1cccc(/C(N)=N/OC(C)=O)c1. The number of benzene rings is 1. The second kappa shape index (κ2) is 4.99. The number of amidine groups is 1. The molecule has 1 rings (SSSR count). The van der Waals surface area contributed by atoms with Crippen LogP contribution in [-0.4, -0.2) is 18.9 Å². The van der Waals surface area contributed by atoms with Gasteiger partial charge in [0.05, 0.1) is 7.11 Å². The average Bonchev–Trinajstić information content (AvgIpc) is 2.26. The first kappa shape index (κ1) is 11.0. The molecule has 0 saturated carbocycles. The van der Waals surface area contributed by atoms with E-state index in [1.165, 1.54) is 6.92 Å². The van der Waals surface area contributed by atoms with E-state index in [9.17, 15) is 4.79 Å². The van der Waals surface area contributed by atoms with Crippen LogP contribution in [0.15, 0.2) is 29.4 Å². The number of methoxy groups -OCH3 is 1. The maximum atomic E-state index is 10.5. The molecule has 5 nitrogen and oxygen atoms in total. The Morgan fingerprint density at radius 3 is 2.80 bits per heavy atom. The monoisotopic (exact) mass is 208 g/mol. The van der Waals surface area contributed by atoms with Crippen LogP contribution in [0.2, 0.25) is 0 Å². The van der Waals surface area contributed by atoms with Crippen LogP contribution < -0.4 is 10.5 Å². The molecule has 0 heterocycles. The minimum Gasteiger partial charge on any atom is -0.497 e. The number of hydrogen-bond donors (Lipinski definition) is 1. The van der Waals surface area contributed by atoms with E-state index in [1.807, 2.05) is 0 Å². The van der Waals surface area contributed by atoms with Crippen LogP contribution in [0.5, 0.6) is 5.75 Å². The largest absolute Gasteiger partial charge is 0.497 e. The topological polar surface area (TPSA) is 73.9 Å². The second-order valence-corrected chi connectivity index (χ2v) is 2.79. The van der Waals surface area contributed by atoms with Gasteiger partial charge in [-0.25, -0.2) is 4.79 Å². The first-order valence-corrected chi connectivity index (χ1v) is 4.29. The van der Waals surface area contributed by atoms with Gasteiger partial charge in [-0.15, -0.1) is 0 Å². The van der Waals surface area contributed by atoms with E-state index in [4.69, 9.17) is 10.5 Å². The van der Waals surface area contributed by atoms with Crippen molar-refractivity contribution in [3.8, 4) is 5.75 Å². The zero-order valence-electron chi connectivity index (χ0n) is 8.56. The Morgan fingerprint density at radius 2 is 2.20 bits per heavy atom. The minimum atomic E-state index is -0.513. The zero-order chi connectivity index (χ0) is 11.3. The summed E-state index contributed by atoms with van der Waals surface area (Å²) in [4.78, 5) is 14.9. The van der Waals surface area contributed by atoms with Gasteiger partial charge < -0.3 is 15.3 Å². The molecule has 0 spiro atoms. The second-order valence-electron chi connectivity index (χ2n) is 2.79. The van der Waals surface area contributed by atoms with Crippen molar-refractivity contribution >= 4 is 11.8 Å². The van der Waals surface area contributed by atoms with Crippen molar-refractivity contribution in [2.24, 2.45) is 10.9 Å². The zero-order valence-corrected chi connectivity index (χ0v) is 8.56. The van der Waals surface area contributed by atoms with Gasteiger partial charge in [0.2, 0.25) is 0 Å². The number of rotatable bonds is 3. The maximum Gasteiger partial charge on any atom is 0.332 e. The normalized spacial score (nSPS) is 10.9. The lowest BCUT2D eigenvalue weighted by atomic mass is 10.2. The molecule has 0 unspecified atom stereocenters. The van der Waals surface area contributed by atoms with Gasteiger partial charge in [-0.1, -0.05) is 17.3 Å². The van der Waals surface area contributed by atoms with E-state index in [0.29, 0.717) is 11.3 Å². The van der Waals surface area contributed by atoms with Crippen LogP contribution in [-0.2, 0) is 9.63 Å². The summed E-state index contributed by atoms with van der Waals surface area (Å²) in [5, 5.41) is 3.46. The van der Waals surface area contributed by atoms with Gasteiger partial charge >= 0.3 is 5.97 Å². The quantitative estimate of drug-likeness (QED) is 0.346. The molecular weight excluding hydrogens is 196 g/mol. The fraction of sp³-hybridized carbons (Fsp3) is 0.200. The highest BCUT2D eigenvalue weighted by Crippen LogP contribution is 2.12. The predicted molar refractivity (Wildman–Crippen MR) is 55.5 cm³/mol. The Kier molecular flexibility index (Phi) is 3.68. The molecule has 0 fully saturated rings. The van der Waals surface area contributed by atoms with E-state index in [2.05, 4.69) is 9.99 Å². The molecule has 0 aromatic heterocycles. The number of nitrogens with zero attached hydrogens (tertiary/aromatic N) is 1.